The van der Waals surface area contributed by atoms with E-state index in [1.54, 1.807) is 4.57 Å². The molecular weight excluding hydrogens is 314 g/mol. The van der Waals surface area contributed by atoms with Crippen LogP contribution in [0.15, 0.2) is 11.2 Å². The van der Waals surface area contributed by atoms with Crippen molar-refractivity contribution in [3.8, 4) is 0 Å². The topological polar surface area (TPSA) is 95.8 Å². The monoisotopic (exact) mass is 335 g/mol. The van der Waals surface area contributed by atoms with E-state index in [4.69, 9.17) is 5.73 Å². The molecule has 2 aromatic heterocycles. The van der Waals surface area contributed by atoms with Gasteiger partial charge in [-0.05, 0) is 19.9 Å². The van der Waals surface area contributed by atoms with Crippen molar-refractivity contribution in [2.45, 2.75) is 31.8 Å². The summed E-state index contributed by atoms with van der Waals surface area (Å²) in [4.78, 5) is 23.2. The molecule has 23 heavy (non-hydrogen) atoms. The molecule has 0 aliphatic heterocycles. The second-order valence-electron chi connectivity index (χ2n) is 5.48. The van der Waals surface area contributed by atoms with Crippen LogP contribution in [0.5, 0.6) is 0 Å². The van der Waals surface area contributed by atoms with Crippen LogP contribution in [0.2, 0.25) is 0 Å². The van der Waals surface area contributed by atoms with E-state index in [0.29, 0.717) is 23.2 Å². The van der Waals surface area contributed by atoms with Crippen LogP contribution in [-0.2, 0) is 25.3 Å². The summed E-state index contributed by atoms with van der Waals surface area (Å²) in [6.07, 6.45) is 0.683. The highest BCUT2D eigenvalue weighted by molar-refractivity contribution is 7.99. The molecule has 8 heteroatoms. The Labute approximate surface area is 139 Å². The van der Waals surface area contributed by atoms with Gasteiger partial charge in [-0.3, -0.25) is 9.59 Å². The Balaban J connectivity index is 2.02. The normalized spacial score (nSPS) is 11.0. The Morgan fingerprint density at radius 2 is 1.91 bits per heavy atom. The second kappa shape index (κ2) is 6.99. The van der Waals surface area contributed by atoms with Crippen LogP contribution in [-0.4, -0.2) is 36.8 Å². The molecule has 0 atom stereocenters. The summed E-state index contributed by atoms with van der Waals surface area (Å²) in [6.45, 7) is 3.92. The highest BCUT2D eigenvalue weighted by Gasteiger charge is 2.16. The average molecular weight is 335 g/mol. The molecule has 2 rings (SSSR count). The van der Waals surface area contributed by atoms with Gasteiger partial charge in [0.15, 0.2) is 10.9 Å². The first-order valence-corrected chi connectivity index (χ1v) is 8.25. The molecule has 0 spiro atoms. The summed E-state index contributed by atoms with van der Waals surface area (Å²) in [5, 5.41) is 8.77. The number of thioether (sulfide) groups is 1. The lowest BCUT2D eigenvalue weighted by Crippen LogP contribution is -2.13. The molecule has 1 amide bonds. The summed E-state index contributed by atoms with van der Waals surface area (Å²) in [5.41, 5.74) is 7.91. The summed E-state index contributed by atoms with van der Waals surface area (Å²) >= 11 is 1.34. The SMILES string of the molecule is Cc1cc(C(=O)CSc2nnc(CCC(N)=O)n2C)c(C)n1C. The Morgan fingerprint density at radius 1 is 1.22 bits per heavy atom. The fourth-order valence-corrected chi connectivity index (χ4v) is 3.08. The number of carbonyl (C=O) groups is 2. The molecule has 0 radical (unpaired) electrons. The molecule has 0 saturated carbocycles. The zero-order chi connectivity index (χ0) is 17.1. The first-order chi connectivity index (χ1) is 10.8. The fourth-order valence-electron chi connectivity index (χ4n) is 2.27. The molecule has 2 N–H and O–H groups in total. The number of primary amides is 1. The predicted molar refractivity (Wildman–Crippen MR) is 88.5 cm³/mol. The van der Waals surface area contributed by atoms with Gasteiger partial charge in [-0.25, -0.2) is 0 Å². The molecule has 0 aromatic carbocycles. The molecule has 0 saturated heterocycles. The molecule has 2 aromatic rings. The number of hydrogen-bond donors (Lipinski definition) is 1. The average Bonchev–Trinajstić information content (AvgIpc) is 2.98. The van der Waals surface area contributed by atoms with Gasteiger partial charge in [0.2, 0.25) is 5.91 Å². The minimum Gasteiger partial charge on any atom is -0.370 e. The highest BCUT2D eigenvalue weighted by atomic mass is 32.2. The molecule has 124 valence electrons. The fraction of sp³-hybridized carbons (Fsp3) is 0.467. The van der Waals surface area contributed by atoms with Gasteiger partial charge in [0.25, 0.3) is 0 Å². The molecule has 7 nitrogen and oxygen atoms in total. The molecule has 0 aliphatic rings. The Morgan fingerprint density at radius 3 is 2.48 bits per heavy atom. The first-order valence-electron chi connectivity index (χ1n) is 7.26. The zero-order valence-corrected chi connectivity index (χ0v) is 14.6. The lowest BCUT2D eigenvalue weighted by atomic mass is 10.2. The van der Waals surface area contributed by atoms with Crippen molar-refractivity contribution < 1.29 is 9.59 Å². The van der Waals surface area contributed by atoms with Gasteiger partial charge in [-0.15, -0.1) is 10.2 Å². The number of Topliss-reactive ketones (excluding diaryl/α,β-unsaturated/α-hetero) is 1. The summed E-state index contributed by atoms with van der Waals surface area (Å²) in [7, 11) is 3.77. The smallest absolute Gasteiger partial charge is 0.217 e. The molecule has 0 bridgehead atoms. The Bertz CT molecular complexity index is 747. The van der Waals surface area contributed by atoms with Gasteiger partial charge in [0.1, 0.15) is 5.82 Å². The minimum atomic E-state index is -0.368. The number of aromatic nitrogens is 4. The van der Waals surface area contributed by atoms with E-state index in [1.165, 1.54) is 11.8 Å². The summed E-state index contributed by atoms with van der Waals surface area (Å²) in [5.74, 6) is 0.683. The number of rotatable bonds is 7. The maximum Gasteiger partial charge on any atom is 0.217 e. The van der Waals surface area contributed by atoms with Crippen molar-refractivity contribution in [3.63, 3.8) is 0 Å². The standard InChI is InChI=1S/C15H21N5O2S/c1-9-7-11(10(2)19(9)3)12(21)8-23-15-18-17-14(20(15)4)6-5-13(16)22/h7H,5-6,8H2,1-4H3,(H2,16,22). The second-order valence-corrected chi connectivity index (χ2v) is 6.42. The maximum absolute atomic E-state index is 12.4. The van der Waals surface area contributed by atoms with E-state index in [9.17, 15) is 9.59 Å². The highest BCUT2D eigenvalue weighted by Crippen LogP contribution is 2.20. The van der Waals surface area contributed by atoms with E-state index >= 15 is 0 Å². The van der Waals surface area contributed by atoms with Crippen LogP contribution in [0.3, 0.4) is 0 Å². The summed E-state index contributed by atoms with van der Waals surface area (Å²) < 4.78 is 3.80. The van der Waals surface area contributed by atoms with E-state index in [-0.39, 0.29) is 18.1 Å². The number of amides is 1. The van der Waals surface area contributed by atoms with Crippen LogP contribution >= 0.6 is 11.8 Å². The largest absolute Gasteiger partial charge is 0.370 e. The minimum absolute atomic E-state index is 0.0675. The third-order valence-corrected chi connectivity index (χ3v) is 4.95. The molecule has 0 aliphatic carbocycles. The lowest BCUT2D eigenvalue weighted by molar-refractivity contribution is -0.118. The van der Waals surface area contributed by atoms with E-state index in [1.807, 2.05) is 38.6 Å². The molecule has 2 heterocycles. The van der Waals surface area contributed by atoms with Gasteiger partial charge in [0.05, 0.1) is 5.75 Å². The van der Waals surface area contributed by atoms with Gasteiger partial charge in [-0.2, -0.15) is 0 Å². The van der Waals surface area contributed by atoms with Crippen LogP contribution in [0.25, 0.3) is 0 Å². The number of aryl methyl sites for hydroxylation is 2. The maximum atomic E-state index is 12.4. The van der Waals surface area contributed by atoms with Gasteiger partial charge in [0, 0.05) is 43.9 Å². The van der Waals surface area contributed by atoms with Crippen molar-refractivity contribution in [1.82, 2.24) is 19.3 Å². The predicted octanol–water partition coefficient (Wildman–Crippen LogP) is 1.16. The Kier molecular flexibility index (Phi) is 5.25. The number of hydrogen-bond acceptors (Lipinski definition) is 5. The number of carbonyl (C=O) groups excluding carboxylic acids is 2. The van der Waals surface area contributed by atoms with Crippen LogP contribution in [0.4, 0.5) is 0 Å². The Hall–Kier alpha value is -2.09. The van der Waals surface area contributed by atoms with Gasteiger partial charge < -0.3 is 14.9 Å². The van der Waals surface area contributed by atoms with E-state index < -0.39 is 0 Å². The van der Waals surface area contributed by atoms with Crippen molar-refractivity contribution in [2.24, 2.45) is 19.8 Å². The van der Waals surface area contributed by atoms with Crippen molar-refractivity contribution >= 4 is 23.5 Å². The van der Waals surface area contributed by atoms with E-state index in [2.05, 4.69) is 10.2 Å². The van der Waals surface area contributed by atoms with Crippen LogP contribution in [0.1, 0.15) is 34.0 Å². The van der Waals surface area contributed by atoms with Crippen LogP contribution in [0, 0.1) is 13.8 Å². The van der Waals surface area contributed by atoms with Crippen molar-refractivity contribution in [1.29, 1.82) is 0 Å². The summed E-state index contributed by atoms with van der Waals surface area (Å²) in [6, 6.07) is 1.91. The third-order valence-electron chi connectivity index (χ3n) is 3.93. The van der Waals surface area contributed by atoms with Crippen molar-refractivity contribution in [3.05, 3.63) is 28.8 Å². The molecular formula is C15H21N5O2S. The zero-order valence-electron chi connectivity index (χ0n) is 13.8. The van der Waals surface area contributed by atoms with Gasteiger partial charge >= 0.3 is 0 Å². The molecule has 0 fully saturated rings. The van der Waals surface area contributed by atoms with Crippen molar-refractivity contribution in [2.75, 3.05) is 5.75 Å². The number of nitrogens with two attached hydrogens (primary N) is 1. The van der Waals surface area contributed by atoms with Crippen LogP contribution < -0.4 is 5.73 Å². The number of ketones is 1. The first kappa shape index (κ1) is 17.3. The molecule has 0 unspecified atom stereocenters. The third kappa shape index (κ3) is 3.82. The van der Waals surface area contributed by atoms with E-state index in [0.717, 1.165) is 17.0 Å². The number of nitrogens with zero attached hydrogens (tertiary/aromatic N) is 4. The van der Waals surface area contributed by atoms with Gasteiger partial charge in [-0.1, -0.05) is 11.8 Å². The quantitative estimate of drug-likeness (QED) is 0.605. The lowest BCUT2D eigenvalue weighted by Gasteiger charge is -2.04.